The number of benzene rings is 3. The van der Waals surface area contributed by atoms with Gasteiger partial charge in [0.2, 0.25) is 0 Å². The molecule has 0 aliphatic heterocycles. The van der Waals surface area contributed by atoms with Gasteiger partial charge in [-0.25, -0.2) is 0 Å². The molecule has 0 amide bonds. The number of phenols is 3. The number of hydrogen-bond acceptors (Lipinski definition) is 6. The third-order valence-electron chi connectivity index (χ3n) is 3.19. The van der Waals surface area contributed by atoms with Crippen LogP contribution in [0, 0.1) is 41.7 Å². The molecule has 7 heteroatoms. The molecule has 0 fully saturated rings. The molecule has 3 aromatic carbocycles. The Hall–Kier alpha value is -2.55. The van der Waals surface area contributed by atoms with Crippen molar-refractivity contribution in [2.24, 2.45) is 0 Å². The van der Waals surface area contributed by atoms with Gasteiger partial charge < -0.3 is 15.3 Å². The second kappa shape index (κ2) is 14.5. The van der Waals surface area contributed by atoms with Crippen molar-refractivity contribution in [2.45, 2.75) is 0 Å². The molecule has 0 aliphatic carbocycles. The van der Waals surface area contributed by atoms with Gasteiger partial charge in [-0.15, -0.1) is 0 Å². The van der Waals surface area contributed by atoms with Crippen LogP contribution in [0.4, 0.5) is 0 Å². The van der Waals surface area contributed by atoms with Crippen LogP contribution >= 0.6 is 0 Å². The van der Waals surface area contributed by atoms with Crippen molar-refractivity contribution in [3.8, 4) is 17.2 Å². The number of carbonyl (C=O) groups excluding carboxylic acids is 3. The summed E-state index contributed by atoms with van der Waals surface area (Å²) in [5.41, 5.74) is 0.993. The summed E-state index contributed by atoms with van der Waals surface area (Å²) in [6.45, 7) is 0. The topological polar surface area (TPSA) is 112 Å². The summed E-state index contributed by atoms with van der Waals surface area (Å²) >= 11 is 0. The number of phenolic OH excluding ortho intramolecular Hbond substituents is 3. The molecular formula is C21H18CeO6+3. The number of aromatic hydroxyl groups is 3. The Labute approximate surface area is 195 Å². The van der Waals surface area contributed by atoms with Crippen LogP contribution in [0.1, 0.15) is 31.1 Å². The molecule has 0 atom stereocenters. The summed E-state index contributed by atoms with van der Waals surface area (Å²) in [5.74, 6) is 0.104. The molecule has 139 valence electrons. The molecule has 0 unspecified atom stereocenters. The molecule has 1 radical (unpaired) electrons. The van der Waals surface area contributed by atoms with Gasteiger partial charge in [0.1, 0.15) is 17.2 Å². The van der Waals surface area contributed by atoms with E-state index in [2.05, 4.69) is 0 Å². The number of para-hydroxylation sites is 3. The third kappa shape index (κ3) is 8.89. The molecule has 3 aromatic rings. The van der Waals surface area contributed by atoms with Crippen molar-refractivity contribution in [3.05, 3.63) is 89.5 Å². The fourth-order valence-electron chi connectivity index (χ4n) is 1.76. The summed E-state index contributed by atoms with van der Waals surface area (Å²) in [6.07, 6.45) is 1.86. The maximum absolute atomic E-state index is 10.1. The Kier molecular flexibility index (Phi) is 13.2. The monoisotopic (exact) mass is 506 g/mol. The number of hydrogen-bond donors (Lipinski definition) is 3. The predicted octanol–water partition coefficient (Wildman–Crippen LogP) is 3.61. The second-order valence-electron chi connectivity index (χ2n) is 5.03. The van der Waals surface area contributed by atoms with Crippen molar-refractivity contribution in [1.82, 2.24) is 0 Å². The Balaban J connectivity index is 0.000000384. The molecule has 0 spiro atoms. The number of aldehydes is 3. The van der Waals surface area contributed by atoms with Crippen molar-refractivity contribution in [2.75, 3.05) is 0 Å². The number of carbonyl (C=O) groups is 3. The first-order valence-electron chi connectivity index (χ1n) is 7.73. The van der Waals surface area contributed by atoms with E-state index in [1.54, 1.807) is 54.6 Å². The van der Waals surface area contributed by atoms with Crippen LogP contribution < -0.4 is 0 Å². The Bertz CT molecular complexity index is 778. The maximum atomic E-state index is 10.1. The zero-order valence-corrected chi connectivity index (χ0v) is 17.9. The molecule has 6 nitrogen and oxygen atoms in total. The van der Waals surface area contributed by atoms with Gasteiger partial charge in [-0.2, -0.15) is 0 Å². The first kappa shape index (κ1) is 25.4. The summed E-state index contributed by atoms with van der Waals surface area (Å²) in [4.78, 5) is 30.2. The van der Waals surface area contributed by atoms with E-state index in [9.17, 15) is 14.4 Å². The molecule has 0 saturated carbocycles. The van der Waals surface area contributed by atoms with E-state index >= 15 is 0 Å². The minimum atomic E-state index is 0. The average Bonchev–Trinajstić information content (AvgIpc) is 2.70. The van der Waals surface area contributed by atoms with Gasteiger partial charge in [0.15, 0.2) is 18.9 Å². The largest absolute Gasteiger partial charge is 3.00 e. The van der Waals surface area contributed by atoms with Crippen molar-refractivity contribution < 1.29 is 71.5 Å². The predicted molar refractivity (Wildman–Crippen MR) is 100 cm³/mol. The first-order valence-corrected chi connectivity index (χ1v) is 7.73. The van der Waals surface area contributed by atoms with Crippen molar-refractivity contribution in [1.29, 1.82) is 0 Å². The third-order valence-corrected chi connectivity index (χ3v) is 3.19. The van der Waals surface area contributed by atoms with Crippen LogP contribution in [-0.4, -0.2) is 34.2 Å². The molecule has 3 rings (SSSR count). The van der Waals surface area contributed by atoms with E-state index < -0.39 is 0 Å². The molecule has 0 bridgehead atoms. The minimum Gasteiger partial charge on any atom is -0.507 e. The standard InChI is InChI=1S/3C7H6O2.Ce/c3*8-5-6-3-1-2-4-7(6)9;/h3*1-5,9H;/q;;;+3. The van der Waals surface area contributed by atoms with E-state index in [1.807, 2.05) is 0 Å². The Morgan fingerprint density at radius 2 is 0.679 bits per heavy atom. The minimum absolute atomic E-state index is 0. The van der Waals surface area contributed by atoms with Crippen molar-refractivity contribution >= 4 is 18.9 Å². The van der Waals surface area contributed by atoms with Crippen LogP contribution in [0.15, 0.2) is 72.8 Å². The van der Waals surface area contributed by atoms with Gasteiger partial charge in [0.25, 0.3) is 0 Å². The zero-order valence-electron chi connectivity index (χ0n) is 14.7. The fraction of sp³-hybridized carbons (Fsp3) is 0. The van der Waals surface area contributed by atoms with Crippen LogP contribution in [0.25, 0.3) is 0 Å². The van der Waals surface area contributed by atoms with Gasteiger partial charge in [-0.3, -0.25) is 14.4 Å². The van der Waals surface area contributed by atoms with Crippen LogP contribution in [0.3, 0.4) is 0 Å². The Morgan fingerprint density at radius 1 is 0.464 bits per heavy atom. The van der Waals surface area contributed by atoms with Gasteiger partial charge in [-0.05, 0) is 36.4 Å². The van der Waals surface area contributed by atoms with Crippen LogP contribution in [0.5, 0.6) is 17.2 Å². The molecule has 3 N–H and O–H groups in total. The summed E-state index contributed by atoms with van der Waals surface area (Å²) < 4.78 is 0. The quantitative estimate of drug-likeness (QED) is 0.468. The molecule has 0 aromatic heterocycles. The molecular weight excluding hydrogens is 488 g/mol. The van der Waals surface area contributed by atoms with E-state index in [0.29, 0.717) is 35.5 Å². The normalized spacial score (nSPS) is 8.57. The molecule has 0 heterocycles. The fourth-order valence-corrected chi connectivity index (χ4v) is 1.76. The van der Waals surface area contributed by atoms with Crippen LogP contribution in [-0.2, 0) is 0 Å². The van der Waals surface area contributed by atoms with Gasteiger partial charge in [0, 0.05) is 0 Å². The number of rotatable bonds is 3. The average molecular weight is 506 g/mol. The van der Waals surface area contributed by atoms with E-state index in [-0.39, 0.29) is 59.0 Å². The van der Waals surface area contributed by atoms with Gasteiger partial charge in [0.05, 0.1) is 16.7 Å². The SMILES string of the molecule is O=Cc1ccccc1O.O=Cc1ccccc1O.O=Cc1ccccc1O.[Ce+3]. The van der Waals surface area contributed by atoms with Crippen molar-refractivity contribution in [3.63, 3.8) is 0 Å². The van der Waals surface area contributed by atoms with Gasteiger partial charge >= 0.3 is 41.7 Å². The van der Waals surface area contributed by atoms with Crippen LogP contribution in [0.2, 0.25) is 0 Å². The second-order valence-corrected chi connectivity index (χ2v) is 5.03. The smallest absolute Gasteiger partial charge is 0.507 e. The molecule has 28 heavy (non-hydrogen) atoms. The Morgan fingerprint density at radius 3 is 0.821 bits per heavy atom. The molecule has 0 aliphatic rings. The summed E-state index contributed by atoms with van der Waals surface area (Å²) in [5, 5.41) is 26.6. The molecule has 0 saturated heterocycles. The zero-order chi connectivity index (χ0) is 20.1. The summed E-state index contributed by atoms with van der Waals surface area (Å²) in [7, 11) is 0. The van der Waals surface area contributed by atoms with E-state index in [0.717, 1.165) is 0 Å². The van der Waals surface area contributed by atoms with Gasteiger partial charge in [-0.1, -0.05) is 36.4 Å². The first-order chi connectivity index (χ1) is 13.0. The van der Waals surface area contributed by atoms with E-state index in [1.165, 1.54) is 18.2 Å². The maximum Gasteiger partial charge on any atom is 3.00 e. The van der Waals surface area contributed by atoms with E-state index in [4.69, 9.17) is 15.3 Å². The summed E-state index contributed by atoms with van der Waals surface area (Å²) in [6, 6.07) is 19.2.